The monoisotopic (exact) mass is 493 g/mol. The molecule has 33 heavy (non-hydrogen) atoms. The molecular formula is C18H28N3O11P. The molecule has 0 aliphatic carbocycles. The highest BCUT2D eigenvalue weighted by molar-refractivity contribution is 7.47. The van der Waals surface area contributed by atoms with E-state index in [1.54, 1.807) is 0 Å². The largest absolute Gasteiger partial charge is 0.477 e. The summed E-state index contributed by atoms with van der Waals surface area (Å²) in [5, 5.41) is 30.1. The number of phosphoric ester groups is 1. The van der Waals surface area contributed by atoms with Crippen LogP contribution in [-0.4, -0.2) is 72.5 Å². The summed E-state index contributed by atoms with van der Waals surface area (Å²) >= 11 is 0. The molecule has 2 aliphatic rings. The third-order valence-corrected chi connectivity index (χ3v) is 6.45. The molecule has 1 aromatic rings. The Labute approximate surface area is 188 Å². The summed E-state index contributed by atoms with van der Waals surface area (Å²) < 4.78 is 34.2. The molecule has 3 heterocycles. The summed E-state index contributed by atoms with van der Waals surface area (Å²) in [6, 6.07) is 1.28. The van der Waals surface area contributed by atoms with Gasteiger partial charge < -0.3 is 35.4 Å². The third kappa shape index (κ3) is 5.78. The number of anilines is 1. The summed E-state index contributed by atoms with van der Waals surface area (Å²) in [5.74, 6) is -3.98. The molecular weight excluding hydrogens is 465 g/mol. The fourth-order valence-corrected chi connectivity index (χ4v) is 4.81. The van der Waals surface area contributed by atoms with Crippen molar-refractivity contribution in [1.82, 2.24) is 9.55 Å². The van der Waals surface area contributed by atoms with Gasteiger partial charge in [0.05, 0.1) is 12.7 Å². The summed E-state index contributed by atoms with van der Waals surface area (Å²) in [4.78, 5) is 37.5. The van der Waals surface area contributed by atoms with E-state index in [1.807, 2.05) is 6.92 Å². The van der Waals surface area contributed by atoms with E-state index in [0.717, 1.165) is 11.0 Å². The van der Waals surface area contributed by atoms with E-state index >= 15 is 0 Å². The van der Waals surface area contributed by atoms with Gasteiger partial charge in [-0.15, -0.1) is 0 Å². The van der Waals surface area contributed by atoms with Crippen molar-refractivity contribution in [3.8, 4) is 0 Å². The zero-order chi connectivity index (χ0) is 24.4. The second kappa shape index (κ2) is 10.2. The van der Waals surface area contributed by atoms with Crippen molar-refractivity contribution in [2.75, 3.05) is 12.3 Å². The van der Waals surface area contributed by atoms with Gasteiger partial charge in [0.2, 0.25) is 0 Å². The van der Waals surface area contributed by atoms with Crippen LogP contribution in [0.1, 0.15) is 45.3 Å². The van der Waals surface area contributed by atoms with Crippen LogP contribution in [0.3, 0.4) is 0 Å². The minimum Gasteiger partial charge on any atom is -0.477 e. The number of phosphoric acid groups is 1. The van der Waals surface area contributed by atoms with Gasteiger partial charge >= 0.3 is 19.5 Å². The number of nitrogen functional groups attached to an aromatic ring is 1. The first-order valence-electron chi connectivity index (χ1n) is 10.4. The molecule has 0 amide bonds. The topological polar surface area (TPSA) is 213 Å². The maximum atomic E-state index is 12.5. The average Bonchev–Trinajstić information content (AvgIpc) is 3.01. The van der Waals surface area contributed by atoms with Crippen molar-refractivity contribution in [2.24, 2.45) is 0 Å². The minimum absolute atomic E-state index is 0.0546. The number of aliphatic hydroxyl groups excluding tert-OH is 2. The van der Waals surface area contributed by atoms with Crippen molar-refractivity contribution in [2.45, 2.75) is 75.5 Å². The predicted molar refractivity (Wildman–Crippen MR) is 110 cm³/mol. The molecule has 1 aromatic heterocycles. The molecule has 0 aromatic carbocycles. The third-order valence-electron chi connectivity index (χ3n) is 5.45. The maximum absolute atomic E-state index is 12.5. The van der Waals surface area contributed by atoms with E-state index in [2.05, 4.69) is 4.98 Å². The lowest BCUT2D eigenvalue weighted by molar-refractivity contribution is -0.250. The molecule has 6 N–H and O–H groups in total. The number of aliphatic carboxylic acids is 1. The number of rotatable bonds is 9. The molecule has 0 bridgehead atoms. The van der Waals surface area contributed by atoms with Crippen LogP contribution in [0.5, 0.6) is 0 Å². The van der Waals surface area contributed by atoms with Gasteiger partial charge in [0.15, 0.2) is 6.23 Å². The van der Waals surface area contributed by atoms with E-state index in [9.17, 15) is 34.4 Å². The number of carboxylic acid groups (broad SMARTS) is 1. The fourth-order valence-electron chi connectivity index (χ4n) is 3.83. The SMILES string of the molecule is CCCC1CCCC(OP(=O)(O)OCC2OC(n3ccc(N)nc3=O)C(O)C2O)(C(=O)O)O1. The molecule has 15 heteroatoms. The Morgan fingerprint density at radius 3 is 2.79 bits per heavy atom. The van der Waals surface area contributed by atoms with Gasteiger partial charge in [0.1, 0.15) is 24.1 Å². The first kappa shape index (κ1) is 25.7. The van der Waals surface area contributed by atoms with Crippen molar-refractivity contribution in [1.29, 1.82) is 0 Å². The van der Waals surface area contributed by atoms with E-state index in [0.29, 0.717) is 19.3 Å². The van der Waals surface area contributed by atoms with Gasteiger partial charge in [-0.3, -0.25) is 9.09 Å². The lowest BCUT2D eigenvalue weighted by atomic mass is 9.99. The van der Waals surface area contributed by atoms with Crippen molar-refractivity contribution in [3.63, 3.8) is 0 Å². The van der Waals surface area contributed by atoms with E-state index in [1.165, 1.54) is 12.3 Å². The van der Waals surface area contributed by atoms with Crippen LogP contribution in [-0.2, 0) is 27.9 Å². The van der Waals surface area contributed by atoms with Crippen LogP contribution in [0.15, 0.2) is 17.1 Å². The Hall–Kier alpha value is -1.90. The van der Waals surface area contributed by atoms with Gasteiger partial charge in [-0.25, -0.2) is 18.7 Å². The van der Waals surface area contributed by atoms with E-state index in [-0.39, 0.29) is 12.2 Å². The lowest BCUT2D eigenvalue weighted by Crippen LogP contribution is -2.49. The summed E-state index contributed by atoms with van der Waals surface area (Å²) in [7, 11) is -5.01. The quantitative estimate of drug-likeness (QED) is 0.281. The summed E-state index contributed by atoms with van der Waals surface area (Å²) in [5.41, 5.74) is 4.58. The maximum Gasteiger partial charge on any atom is 0.475 e. The average molecular weight is 493 g/mol. The number of nitrogens with two attached hydrogens (primary N) is 1. The number of aromatic nitrogens is 2. The highest BCUT2D eigenvalue weighted by Gasteiger charge is 2.52. The van der Waals surface area contributed by atoms with Crippen molar-refractivity contribution in [3.05, 3.63) is 22.7 Å². The van der Waals surface area contributed by atoms with Crippen LogP contribution >= 0.6 is 7.82 Å². The van der Waals surface area contributed by atoms with Crippen molar-refractivity contribution < 1.29 is 48.1 Å². The molecule has 0 radical (unpaired) electrons. The number of carboxylic acids is 1. The number of carbonyl (C=O) groups is 1. The van der Waals surface area contributed by atoms with Gasteiger partial charge in [0.25, 0.3) is 5.79 Å². The van der Waals surface area contributed by atoms with Gasteiger partial charge in [-0.1, -0.05) is 13.3 Å². The van der Waals surface area contributed by atoms with E-state index in [4.69, 9.17) is 24.3 Å². The fraction of sp³-hybridized carbons (Fsp3) is 0.722. The molecule has 7 unspecified atom stereocenters. The highest BCUT2D eigenvalue weighted by Crippen LogP contribution is 2.51. The number of hydrogen-bond donors (Lipinski definition) is 5. The van der Waals surface area contributed by atoms with Gasteiger partial charge in [-0.05, 0) is 25.3 Å². The highest BCUT2D eigenvalue weighted by atomic mass is 31.2. The van der Waals surface area contributed by atoms with Crippen LogP contribution in [0.2, 0.25) is 0 Å². The first-order valence-corrected chi connectivity index (χ1v) is 11.9. The zero-order valence-electron chi connectivity index (χ0n) is 17.8. The van der Waals surface area contributed by atoms with Gasteiger partial charge in [-0.2, -0.15) is 4.98 Å². The summed E-state index contributed by atoms with van der Waals surface area (Å²) in [6.45, 7) is 1.14. The Balaban J connectivity index is 1.67. The second-order valence-electron chi connectivity index (χ2n) is 7.92. The predicted octanol–water partition coefficient (Wildman–Crippen LogP) is -0.272. The Morgan fingerprint density at radius 2 is 2.15 bits per heavy atom. The molecule has 2 aliphatic heterocycles. The molecule has 0 spiro atoms. The molecule has 186 valence electrons. The van der Waals surface area contributed by atoms with Crippen LogP contribution < -0.4 is 11.4 Å². The Bertz CT molecular complexity index is 957. The molecule has 2 saturated heterocycles. The molecule has 0 saturated carbocycles. The van der Waals surface area contributed by atoms with Crippen LogP contribution in [0, 0.1) is 0 Å². The Kier molecular flexibility index (Phi) is 7.91. The molecule has 7 atom stereocenters. The molecule has 2 fully saturated rings. The number of ether oxygens (including phenoxy) is 2. The van der Waals surface area contributed by atoms with Gasteiger partial charge in [0, 0.05) is 12.6 Å². The number of aliphatic hydroxyl groups is 2. The smallest absolute Gasteiger partial charge is 0.475 e. The molecule has 3 rings (SSSR count). The number of hydrogen-bond acceptors (Lipinski definition) is 11. The Morgan fingerprint density at radius 1 is 1.42 bits per heavy atom. The minimum atomic E-state index is -5.01. The summed E-state index contributed by atoms with van der Waals surface area (Å²) in [6.07, 6.45) is -3.06. The normalized spacial score (nSPS) is 34.1. The first-order chi connectivity index (χ1) is 15.5. The second-order valence-corrected chi connectivity index (χ2v) is 9.30. The number of nitrogens with zero attached hydrogens (tertiary/aromatic N) is 2. The van der Waals surface area contributed by atoms with Crippen LogP contribution in [0.4, 0.5) is 5.82 Å². The van der Waals surface area contributed by atoms with Crippen LogP contribution in [0.25, 0.3) is 0 Å². The standard InChI is InChI=1S/C18H28N3O11P/c1-2-4-10-5-3-7-18(31-10,16(24)25)32-33(27,28)29-9-11-13(22)14(23)15(30-11)21-8-6-12(19)20-17(21)26/h6,8,10-11,13-15,22-23H,2-5,7,9H2,1H3,(H,24,25)(H,27,28)(H2,19,20,26). The zero-order valence-corrected chi connectivity index (χ0v) is 18.7. The van der Waals surface area contributed by atoms with E-state index < -0.39 is 62.5 Å². The van der Waals surface area contributed by atoms with Crippen molar-refractivity contribution >= 4 is 19.6 Å². The lowest BCUT2D eigenvalue weighted by Gasteiger charge is -2.38. The molecule has 14 nitrogen and oxygen atoms in total.